The Labute approximate surface area is 143 Å². The largest absolute Gasteiger partial charge is 0.466 e. The van der Waals surface area contributed by atoms with Gasteiger partial charge < -0.3 is 8.83 Å². The molecule has 2 heterocycles. The monoisotopic (exact) mass is 342 g/mol. The molecule has 0 aliphatic carbocycles. The number of aryl methyl sites for hydroxylation is 2. The molecule has 3 rings (SSSR count). The van der Waals surface area contributed by atoms with Crippen molar-refractivity contribution in [2.75, 3.05) is 0 Å². The molecule has 0 aliphatic heterocycles. The number of hydrazone groups is 1. The molecular formula is C18H15ClN2O3. The first kappa shape index (κ1) is 16.1. The Morgan fingerprint density at radius 3 is 2.54 bits per heavy atom. The Morgan fingerprint density at radius 2 is 1.88 bits per heavy atom. The van der Waals surface area contributed by atoms with Crippen molar-refractivity contribution in [3.05, 3.63) is 70.3 Å². The number of nitrogens with one attached hydrogen (secondary N) is 1. The molecule has 2 aromatic heterocycles. The van der Waals surface area contributed by atoms with Gasteiger partial charge in [0, 0.05) is 16.1 Å². The quantitative estimate of drug-likeness (QED) is 0.557. The smallest absolute Gasteiger partial charge is 0.307 e. The van der Waals surface area contributed by atoms with Gasteiger partial charge in [-0.15, -0.1) is 0 Å². The number of hydrogen-bond donors (Lipinski definition) is 1. The summed E-state index contributed by atoms with van der Waals surface area (Å²) in [6.07, 6.45) is 1.53. The molecule has 1 N–H and O–H groups in total. The Hall–Kier alpha value is -2.79. The van der Waals surface area contributed by atoms with Gasteiger partial charge in [-0.25, -0.2) is 5.43 Å². The molecule has 0 bridgehead atoms. The van der Waals surface area contributed by atoms with Crippen molar-refractivity contribution in [3.8, 4) is 11.3 Å². The van der Waals surface area contributed by atoms with Crippen LogP contribution < -0.4 is 5.43 Å². The van der Waals surface area contributed by atoms with Gasteiger partial charge in [0.1, 0.15) is 17.3 Å². The van der Waals surface area contributed by atoms with Crippen molar-refractivity contribution in [3.63, 3.8) is 0 Å². The lowest BCUT2D eigenvalue weighted by Gasteiger charge is -1.98. The second kappa shape index (κ2) is 6.76. The summed E-state index contributed by atoms with van der Waals surface area (Å²) >= 11 is 5.86. The summed E-state index contributed by atoms with van der Waals surface area (Å²) < 4.78 is 10.9. The van der Waals surface area contributed by atoms with Crippen molar-refractivity contribution >= 4 is 23.7 Å². The standard InChI is InChI=1S/C18H15ClN2O3/c1-11-9-14(12(2)23-11)10-20-21-18(22)17-8-7-16(24-17)13-3-5-15(19)6-4-13/h3-10H,1-2H3,(H,21,22)/b20-10+. The van der Waals surface area contributed by atoms with Crippen LogP contribution in [-0.4, -0.2) is 12.1 Å². The van der Waals surface area contributed by atoms with Crippen LogP contribution in [-0.2, 0) is 0 Å². The molecule has 6 heteroatoms. The summed E-state index contributed by atoms with van der Waals surface area (Å²) in [7, 11) is 0. The maximum Gasteiger partial charge on any atom is 0.307 e. The fraction of sp³-hybridized carbons (Fsp3) is 0.111. The Balaban J connectivity index is 1.67. The third-order valence-corrected chi connectivity index (χ3v) is 3.66. The number of benzene rings is 1. The van der Waals surface area contributed by atoms with Crippen LogP contribution >= 0.6 is 11.6 Å². The topological polar surface area (TPSA) is 67.7 Å². The molecule has 0 saturated heterocycles. The van der Waals surface area contributed by atoms with Crippen molar-refractivity contribution in [2.45, 2.75) is 13.8 Å². The van der Waals surface area contributed by atoms with Gasteiger partial charge in [0.2, 0.25) is 0 Å². The summed E-state index contributed by atoms with van der Waals surface area (Å²) in [4.78, 5) is 12.1. The number of hydrogen-bond acceptors (Lipinski definition) is 4. The minimum atomic E-state index is -0.427. The van der Waals surface area contributed by atoms with E-state index in [1.54, 1.807) is 24.3 Å². The highest BCUT2D eigenvalue weighted by Gasteiger charge is 2.11. The first-order valence-electron chi connectivity index (χ1n) is 7.29. The van der Waals surface area contributed by atoms with E-state index in [1.165, 1.54) is 6.21 Å². The predicted molar refractivity (Wildman–Crippen MR) is 92.4 cm³/mol. The third-order valence-electron chi connectivity index (χ3n) is 3.41. The highest BCUT2D eigenvalue weighted by Crippen LogP contribution is 2.23. The molecule has 0 radical (unpaired) electrons. The summed E-state index contributed by atoms with van der Waals surface area (Å²) in [6.45, 7) is 3.69. The second-order valence-corrected chi connectivity index (χ2v) is 5.67. The first-order chi connectivity index (χ1) is 11.5. The molecule has 0 saturated carbocycles. The van der Waals surface area contributed by atoms with Crippen LogP contribution in [0.2, 0.25) is 5.02 Å². The molecule has 1 amide bonds. The molecule has 122 valence electrons. The number of carbonyl (C=O) groups is 1. The lowest BCUT2D eigenvalue weighted by Crippen LogP contribution is -2.16. The number of amides is 1. The van der Waals surface area contributed by atoms with Gasteiger partial charge in [0.05, 0.1) is 6.21 Å². The molecule has 0 atom stereocenters. The van der Waals surface area contributed by atoms with Crippen LogP contribution in [0.4, 0.5) is 0 Å². The van der Waals surface area contributed by atoms with Crippen LogP contribution in [0.3, 0.4) is 0 Å². The molecule has 5 nitrogen and oxygen atoms in total. The Kier molecular flexibility index (Phi) is 4.53. The minimum absolute atomic E-state index is 0.178. The number of halogens is 1. The normalized spacial score (nSPS) is 11.1. The minimum Gasteiger partial charge on any atom is -0.466 e. The van der Waals surface area contributed by atoms with E-state index in [2.05, 4.69) is 10.5 Å². The van der Waals surface area contributed by atoms with Crippen LogP contribution in [0.5, 0.6) is 0 Å². The number of furan rings is 2. The SMILES string of the molecule is Cc1cc(/C=N/NC(=O)c2ccc(-c3ccc(Cl)cc3)o2)c(C)o1. The van der Waals surface area contributed by atoms with Gasteiger partial charge in [-0.1, -0.05) is 11.6 Å². The van der Waals surface area contributed by atoms with Crippen molar-refractivity contribution < 1.29 is 13.6 Å². The summed E-state index contributed by atoms with van der Waals surface area (Å²) in [5.41, 5.74) is 4.09. The molecule has 0 unspecified atom stereocenters. The van der Waals surface area contributed by atoms with E-state index in [1.807, 2.05) is 32.0 Å². The molecule has 1 aromatic carbocycles. The molecular weight excluding hydrogens is 328 g/mol. The zero-order valence-corrected chi connectivity index (χ0v) is 13.9. The maximum absolute atomic E-state index is 12.1. The molecule has 0 fully saturated rings. The molecule has 0 aliphatic rings. The van der Waals surface area contributed by atoms with Crippen LogP contribution in [0, 0.1) is 13.8 Å². The second-order valence-electron chi connectivity index (χ2n) is 5.24. The number of rotatable bonds is 4. The number of nitrogens with zero attached hydrogens (tertiary/aromatic N) is 1. The zero-order chi connectivity index (χ0) is 17.1. The highest BCUT2D eigenvalue weighted by molar-refractivity contribution is 6.30. The van der Waals surface area contributed by atoms with E-state index in [0.29, 0.717) is 10.8 Å². The predicted octanol–water partition coefficient (Wildman–Crippen LogP) is 4.57. The van der Waals surface area contributed by atoms with Crippen molar-refractivity contribution in [2.24, 2.45) is 5.10 Å². The molecule has 3 aromatic rings. The van der Waals surface area contributed by atoms with Crippen LogP contribution in [0.25, 0.3) is 11.3 Å². The van der Waals surface area contributed by atoms with Gasteiger partial charge in [-0.2, -0.15) is 5.10 Å². The van der Waals surface area contributed by atoms with E-state index in [4.69, 9.17) is 20.4 Å². The van der Waals surface area contributed by atoms with Crippen molar-refractivity contribution in [1.82, 2.24) is 5.43 Å². The Morgan fingerprint density at radius 1 is 1.12 bits per heavy atom. The van der Waals surface area contributed by atoms with E-state index >= 15 is 0 Å². The van der Waals surface area contributed by atoms with Gasteiger partial charge >= 0.3 is 5.91 Å². The van der Waals surface area contributed by atoms with Gasteiger partial charge in [0.25, 0.3) is 0 Å². The average Bonchev–Trinajstić information content (AvgIpc) is 3.15. The summed E-state index contributed by atoms with van der Waals surface area (Å²) in [5.74, 6) is 1.87. The average molecular weight is 343 g/mol. The van der Waals surface area contributed by atoms with E-state index < -0.39 is 5.91 Å². The van der Waals surface area contributed by atoms with Gasteiger partial charge in [-0.05, 0) is 56.3 Å². The highest BCUT2D eigenvalue weighted by atomic mass is 35.5. The van der Waals surface area contributed by atoms with Crippen molar-refractivity contribution in [1.29, 1.82) is 0 Å². The maximum atomic E-state index is 12.1. The lowest BCUT2D eigenvalue weighted by atomic mass is 10.2. The van der Waals surface area contributed by atoms with E-state index in [9.17, 15) is 4.79 Å². The number of carbonyl (C=O) groups excluding carboxylic acids is 1. The Bertz CT molecular complexity index is 891. The van der Waals surface area contributed by atoms with E-state index in [-0.39, 0.29) is 5.76 Å². The molecule has 24 heavy (non-hydrogen) atoms. The van der Waals surface area contributed by atoms with E-state index in [0.717, 1.165) is 22.6 Å². The van der Waals surface area contributed by atoms with Crippen LogP contribution in [0.15, 0.2) is 56.4 Å². The van der Waals surface area contributed by atoms with Gasteiger partial charge in [-0.3, -0.25) is 4.79 Å². The first-order valence-corrected chi connectivity index (χ1v) is 7.67. The zero-order valence-electron chi connectivity index (χ0n) is 13.2. The summed E-state index contributed by atoms with van der Waals surface area (Å²) in [5, 5.41) is 4.56. The molecule has 0 spiro atoms. The lowest BCUT2D eigenvalue weighted by molar-refractivity contribution is 0.0928. The third kappa shape index (κ3) is 3.58. The fourth-order valence-corrected chi connectivity index (χ4v) is 2.35. The summed E-state index contributed by atoms with van der Waals surface area (Å²) in [6, 6.07) is 12.3. The van der Waals surface area contributed by atoms with Gasteiger partial charge in [0.15, 0.2) is 5.76 Å². The van der Waals surface area contributed by atoms with Crippen LogP contribution in [0.1, 0.15) is 27.6 Å². The fourth-order valence-electron chi connectivity index (χ4n) is 2.22.